The summed E-state index contributed by atoms with van der Waals surface area (Å²) in [4.78, 5) is 16.5. The normalized spacial score (nSPS) is 13.7. The van der Waals surface area contributed by atoms with Crippen LogP contribution in [-0.2, 0) is 10.0 Å². The predicted octanol–water partition coefficient (Wildman–Crippen LogP) is 4.16. The molecular formula is C24H24ClF2N3O4S. The third-order valence-electron chi connectivity index (χ3n) is 5.56. The van der Waals surface area contributed by atoms with E-state index in [1.54, 1.807) is 24.1 Å². The van der Waals surface area contributed by atoms with Crippen LogP contribution < -0.4 is 14.4 Å². The Kier molecular flexibility index (Phi) is 8.18. The number of hydrogen-bond donors (Lipinski definition) is 1. The van der Waals surface area contributed by atoms with Crippen molar-refractivity contribution >= 4 is 39.7 Å². The average Bonchev–Trinajstić information content (AvgIpc) is 2.85. The highest BCUT2D eigenvalue weighted by Gasteiger charge is 2.24. The van der Waals surface area contributed by atoms with Gasteiger partial charge in [-0.25, -0.2) is 17.2 Å². The van der Waals surface area contributed by atoms with E-state index in [4.69, 9.17) is 4.74 Å². The van der Waals surface area contributed by atoms with Crippen molar-refractivity contribution in [2.24, 2.45) is 0 Å². The van der Waals surface area contributed by atoms with Gasteiger partial charge in [-0.05, 0) is 48.5 Å². The highest BCUT2D eigenvalue weighted by Crippen LogP contribution is 2.28. The number of ether oxygens (including phenoxy) is 1. The van der Waals surface area contributed by atoms with Crippen molar-refractivity contribution in [2.45, 2.75) is 4.90 Å². The van der Waals surface area contributed by atoms with Gasteiger partial charge in [-0.2, -0.15) is 0 Å². The minimum atomic E-state index is -4.16. The number of hydrogen-bond acceptors (Lipinski definition) is 5. The molecule has 0 atom stereocenters. The summed E-state index contributed by atoms with van der Waals surface area (Å²) in [5.74, 6) is -1.87. The highest BCUT2D eigenvalue weighted by molar-refractivity contribution is 7.92. The fourth-order valence-corrected chi connectivity index (χ4v) is 4.86. The van der Waals surface area contributed by atoms with Crippen LogP contribution in [-0.4, -0.2) is 52.5 Å². The van der Waals surface area contributed by atoms with Crippen molar-refractivity contribution in [3.05, 3.63) is 83.9 Å². The Morgan fingerprint density at radius 2 is 1.63 bits per heavy atom. The van der Waals surface area contributed by atoms with Crippen LogP contribution in [0.5, 0.6) is 5.75 Å². The van der Waals surface area contributed by atoms with Gasteiger partial charge in [-0.15, -0.1) is 12.4 Å². The van der Waals surface area contributed by atoms with Gasteiger partial charge >= 0.3 is 0 Å². The monoisotopic (exact) mass is 523 g/mol. The van der Waals surface area contributed by atoms with Crippen LogP contribution in [0.25, 0.3) is 0 Å². The minimum Gasteiger partial charge on any atom is -0.495 e. The van der Waals surface area contributed by atoms with E-state index in [1.807, 2.05) is 24.3 Å². The number of nitrogens with zero attached hydrogens (tertiary/aromatic N) is 2. The fraction of sp³-hybridized carbons (Fsp3) is 0.208. The second-order valence-electron chi connectivity index (χ2n) is 7.71. The van der Waals surface area contributed by atoms with Gasteiger partial charge in [0.15, 0.2) is 11.6 Å². The van der Waals surface area contributed by atoms with Gasteiger partial charge in [0.1, 0.15) is 5.75 Å². The first kappa shape index (κ1) is 26.2. The molecule has 1 aliphatic heterocycles. The van der Waals surface area contributed by atoms with Crippen LogP contribution >= 0.6 is 12.4 Å². The van der Waals surface area contributed by atoms with E-state index in [1.165, 1.54) is 12.1 Å². The van der Waals surface area contributed by atoms with Gasteiger partial charge in [0, 0.05) is 37.4 Å². The second kappa shape index (κ2) is 10.9. The second-order valence-corrected chi connectivity index (χ2v) is 9.40. The third kappa shape index (κ3) is 5.83. The molecule has 0 spiro atoms. The molecule has 1 N–H and O–H groups in total. The Morgan fingerprint density at radius 1 is 0.914 bits per heavy atom. The summed E-state index contributed by atoms with van der Waals surface area (Å²) in [7, 11) is -2.55. The van der Waals surface area contributed by atoms with Gasteiger partial charge in [-0.3, -0.25) is 9.52 Å². The van der Waals surface area contributed by atoms with Crippen molar-refractivity contribution in [2.75, 3.05) is 42.9 Å². The van der Waals surface area contributed by atoms with Gasteiger partial charge in [0.25, 0.3) is 15.9 Å². The zero-order valence-corrected chi connectivity index (χ0v) is 20.4. The number of anilines is 2. The summed E-state index contributed by atoms with van der Waals surface area (Å²) in [6, 6.07) is 16.1. The molecule has 0 saturated carbocycles. The maximum absolute atomic E-state index is 13.5. The summed E-state index contributed by atoms with van der Waals surface area (Å²) in [5.41, 5.74) is 1.42. The Labute approximate surface area is 208 Å². The quantitative estimate of drug-likeness (QED) is 0.525. The van der Waals surface area contributed by atoms with Crippen molar-refractivity contribution in [1.82, 2.24) is 4.90 Å². The average molecular weight is 524 g/mol. The molecule has 0 aromatic heterocycles. The van der Waals surface area contributed by atoms with Gasteiger partial charge in [0.2, 0.25) is 0 Å². The molecule has 4 rings (SSSR count). The fourth-order valence-electron chi connectivity index (χ4n) is 3.80. The van der Waals surface area contributed by atoms with E-state index in [0.29, 0.717) is 37.8 Å². The molecule has 0 aliphatic carbocycles. The van der Waals surface area contributed by atoms with Crippen LogP contribution in [0.2, 0.25) is 0 Å². The van der Waals surface area contributed by atoms with Crippen molar-refractivity contribution in [3.63, 3.8) is 0 Å². The van der Waals surface area contributed by atoms with Crippen LogP contribution in [0.1, 0.15) is 10.4 Å². The van der Waals surface area contributed by atoms with E-state index >= 15 is 0 Å². The van der Waals surface area contributed by atoms with E-state index < -0.39 is 26.6 Å². The molecule has 1 aliphatic rings. The van der Waals surface area contributed by atoms with E-state index in [0.717, 1.165) is 23.6 Å². The van der Waals surface area contributed by atoms with Gasteiger partial charge in [-0.1, -0.05) is 18.2 Å². The SMILES string of the molecule is COc1ccccc1N1CCN(C(=O)c2cccc(NS(=O)(=O)c3ccc(F)c(F)c3)c2)CC1.Cl. The van der Waals surface area contributed by atoms with Crippen molar-refractivity contribution in [3.8, 4) is 5.75 Å². The van der Waals surface area contributed by atoms with Gasteiger partial charge < -0.3 is 14.5 Å². The number of nitrogens with one attached hydrogen (secondary N) is 1. The molecule has 35 heavy (non-hydrogen) atoms. The number of sulfonamides is 1. The smallest absolute Gasteiger partial charge is 0.261 e. The highest BCUT2D eigenvalue weighted by atomic mass is 35.5. The molecule has 3 aromatic rings. The van der Waals surface area contributed by atoms with Crippen LogP contribution in [0.15, 0.2) is 71.6 Å². The van der Waals surface area contributed by atoms with Crippen LogP contribution in [0.4, 0.5) is 20.2 Å². The Hall–Kier alpha value is -3.37. The van der Waals surface area contributed by atoms with Crippen molar-refractivity contribution < 1.29 is 26.7 Å². The number of para-hydroxylation sites is 2. The van der Waals surface area contributed by atoms with E-state index in [9.17, 15) is 22.0 Å². The molecule has 0 unspecified atom stereocenters. The summed E-state index contributed by atoms with van der Waals surface area (Å²) >= 11 is 0. The zero-order valence-electron chi connectivity index (χ0n) is 18.8. The number of piperazine rings is 1. The third-order valence-corrected chi connectivity index (χ3v) is 6.93. The molecule has 186 valence electrons. The van der Waals surface area contributed by atoms with E-state index in [-0.39, 0.29) is 24.0 Å². The Bertz CT molecular complexity index is 1320. The standard InChI is InChI=1S/C24H23F2N3O4S.ClH/c1-33-23-8-3-2-7-22(23)28-11-13-29(14-12-28)24(30)17-5-4-6-18(15-17)27-34(31,32)19-9-10-20(25)21(26)16-19;/h2-10,15-16,27H,11-14H2,1H3;1H. The molecule has 1 fully saturated rings. The number of amides is 1. The lowest BCUT2D eigenvalue weighted by Crippen LogP contribution is -2.48. The lowest BCUT2D eigenvalue weighted by atomic mass is 10.1. The minimum absolute atomic E-state index is 0. The molecule has 7 nitrogen and oxygen atoms in total. The lowest BCUT2D eigenvalue weighted by molar-refractivity contribution is 0.0746. The lowest BCUT2D eigenvalue weighted by Gasteiger charge is -2.36. The molecule has 11 heteroatoms. The summed E-state index contributed by atoms with van der Waals surface area (Å²) < 4.78 is 59.5. The first-order valence-corrected chi connectivity index (χ1v) is 12.0. The first-order valence-electron chi connectivity index (χ1n) is 10.5. The molecule has 0 bridgehead atoms. The number of halogens is 3. The summed E-state index contributed by atoms with van der Waals surface area (Å²) in [5, 5.41) is 0. The molecule has 0 radical (unpaired) electrons. The Morgan fingerprint density at radius 3 is 2.31 bits per heavy atom. The predicted molar refractivity (Wildman–Crippen MR) is 132 cm³/mol. The van der Waals surface area contributed by atoms with Crippen molar-refractivity contribution in [1.29, 1.82) is 0 Å². The molecule has 1 heterocycles. The molecular weight excluding hydrogens is 500 g/mol. The Balaban J connectivity index is 0.00000342. The maximum Gasteiger partial charge on any atom is 0.261 e. The van der Waals surface area contributed by atoms with Gasteiger partial charge in [0.05, 0.1) is 17.7 Å². The molecule has 1 saturated heterocycles. The number of carbonyl (C=O) groups is 1. The maximum atomic E-state index is 13.5. The topological polar surface area (TPSA) is 79.0 Å². The number of rotatable bonds is 6. The van der Waals surface area contributed by atoms with Crippen LogP contribution in [0, 0.1) is 11.6 Å². The first-order chi connectivity index (χ1) is 16.3. The van der Waals surface area contributed by atoms with Crippen LogP contribution in [0.3, 0.4) is 0 Å². The van der Waals surface area contributed by atoms with E-state index in [2.05, 4.69) is 9.62 Å². The number of carbonyl (C=O) groups excluding carboxylic acids is 1. The largest absolute Gasteiger partial charge is 0.495 e. The zero-order chi connectivity index (χ0) is 24.3. The number of benzene rings is 3. The molecule has 3 aromatic carbocycles. The summed E-state index contributed by atoms with van der Waals surface area (Å²) in [6.07, 6.45) is 0. The molecule has 1 amide bonds. The number of methoxy groups -OCH3 is 1. The summed E-state index contributed by atoms with van der Waals surface area (Å²) in [6.45, 7) is 2.21.